The van der Waals surface area contributed by atoms with Crippen molar-refractivity contribution in [2.24, 2.45) is 11.0 Å². The van der Waals surface area contributed by atoms with E-state index in [-0.39, 0.29) is 105 Å². The van der Waals surface area contributed by atoms with Crippen LogP contribution in [0.25, 0.3) is 66.0 Å². The molecular formula is C54H58N11O16PS4. The minimum absolute atomic E-state index is 0.0104. The maximum absolute atomic E-state index is 13.6. The minimum Gasteiger partial charge on any atom is -0.478 e. The van der Waals surface area contributed by atoms with E-state index in [0.717, 1.165) is 0 Å². The predicted octanol–water partition coefficient (Wildman–Crippen LogP) is 7.62. The lowest BCUT2D eigenvalue weighted by Crippen LogP contribution is -2.32. The molecule has 1 aliphatic carbocycles. The zero-order valence-electron chi connectivity index (χ0n) is 46.1. The third-order valence-electron chi connectivity index (χ3n) is 13.3. The molecule has 1 saturated heterocycles. The van der Waals surface area contributed by atoms with E-state index in [2.05, 4.69) is 54.4 Å². The zero-order valence-corrected chi connectivity index (χ0v) is 50.4. The van der Waals surface area contributed by atoms with E-state index in [1.54, 1.807) is 49.7 Å². The molecule has 3 aliphatic heterocycles. The highest BCUT2D eigenvalue weighted by Crippen LogP contribution is 2.46. The highest BCUT2D eigenvalue weighted by Gasteiger charge is 2.38. The molecule has 1 fully saturated rings. The number of fused-ring (bicyclic) bond motifs is 4. The second-order valence-corrected chi connectivity index (χ2v) is 26.1. The monoisotopic (exact) mass is 1280 g/mol. The van der Waals surface area contributed by atoms with Crippen molar-refractivity contribution in [2.75, 3.05) is 67.1 Å². The molecule has 0 saturated carbocycles. The van der Waals surface area contributed by atoms with Crippen LogP contribution >= 0.6 is 30.6 Å². The molecule has 2 aromatic carbocycles. The van der Waals surface area contributed by atoms with Crippen molar-refractivity contribution in [3.05, 3.63) is 123 Å². The van der Waals surface area contributed by atoms with Gasteiger partial charge in [-0.05, 0) is 66.3 Å². The summed E-state index contributed by atoms with van der Waals surface area (Å²) in [5.41, 5.74) is 16.3. The fraction of sp³-hybridized carbons (Fsp3) is 0.333. The van der Waals surface area contributed by atoms with E-state index in [1.165, 1.54) is 70.4 Å². The number of carboxylic acids is 1. The second-order valence-electron chi connectivity index (χ2n) is 20.0. The van der Waals surface area contributed by atoms with Crippen LogP contribution in [0.4, 0.5) is 16.3 Å². The number of alkyl carbamates (subject to hydrolysis) is 1. The number of nitrogen functional groups attached to an aromatic ring is 1. The first-order valence-corrected chi connectivity index (χ1v) is 32.5. The maximum Gasteiger partial charge on any atom is 0.407 e. The van der Waals surface area contributed by atoms with E-state index in [0.29, 0.717) is 45.8 Å². The first kappa shape index (κ1) is 64.4. The number of carbonyl (C=O) groups is 3. The maximum atomic E-state index is 13.6. The highest BCUT2D eigenvalue weighted by atomic mass is 33.1. The molecule has 4 aliphatic rings. The molecule has 5 heterocycles. The standard InChI is InChI=1S/C54H58N11O16PS4/c1-5-29(2)15-32(25-85(71,72)73)35-17-38-42(19-40(35)55)80-43-20-41-36(33(26-86(74,75)76)22-54(3,4)63-41)18-39(43)48(38)34-9-8-30(16-37(34)52(67)68)51(66)58-11-13-83-84-14-12-77-53(69)59-10-6-7-31-23-65(50-47(31)49(56)60-27-61-50)46-21-44(78-28-62-64-57)45(81-46)24-79-82-70/h5,8-9,15-20,22-23,27,29,44-46,55,63,70,82H,1,10-14,21,24-26,28H2,2-4H3,(H,58,66)(H,59,69)(H,67,68)(H2,56,60,61)(H,71,72,73)(H,74,75,76)/b32-15-,55-40?/t29?,44-,45-,46-/m1/s1. The Morgan fingerprint density at radius 1 is 1.09 bits per heavy atom. The van der Waals surface area contributed by atoms with Crippen molar-refractivity contribution in [1.82, 2.24) is 25.2 Å². The minimum atomic E-state index is -4.65. The van der Waals surface area contributed by atoms with Gasteiger partial charge in [0.2, 0.25) is 0 Å². The van der Waals surface area contributed by atoms with E-state index in [1.807, 2.05) is 0 Å². The van der Waals surface area contributed by atoms with Crippen molar-refractivity contribution in [1.29, 1.82) is 5.41 Å². The second kappa shape index (κ2) is 27.9. The van der Waals surface area contributed by atoms with Gasteiger partial charge in [0, 0.05) is 86.6 Å². The summed E-state index contributed by atoms with van der Waals surface area (Å²) in [6, 6.07) is 9.99. The summed E-state index contributed by atoms with van der Waals surface area (Å²) in [6.45, 7) is 8.94. The fourth-order valence-corrected chi connectivity index (χ4v) is 13.0. The summed E-state index contributed by atoms with van der Waals surface area (Å²) in [7, 11) is -7.23. The molecule has 2 aromatic heterocycles. The van der Waals surface area contributed by atoms with Gasteiger partial charge >= 0.3 is 12.1 Å². The molecule has 0 radical (unpaired) electrons. The Morgan fingerprint density at radius 2 is 1.87 bits per heavy atom. The Labute approximate surface area is 501 Å². The van der Waals surface area contributed by atoms with Gasteiger partial charge in [0.05, 0.1) is 46.7 Å². The molecule has 2 unspecified atom stereocenters. The molecule has 27 nitrogen and oxygen atoms in total. The number of azide groups is 1. The number of carboxylic acid groups (broad SMARTS) is 1. The molecule has 454 valence electrons. The van der Waals surface area contributed by atoms with Crippen LogP contribution in [0.3, 0.4) is 0 Å². The van der Waals surface area contributed by atoms with E-state index in [4.69, 9.17) is 39.8 Å². The number of aromatic nitrogens is 3. The van der Waals surface area contributed by atoms with Crippen molar-refractivity contribution in [3.8, 4) is 34.3 Å². The lowest BCUT2D eigenvalue weighted by atomic mass is 9.85. The van der Waals surface area contributed by atoms with Crippen LogP contribution < -0.4 is 27.0 Å². The number of nitrogens with zero attached hydrogens (tertiary/aromatic N) is 6. The molecule has 86 heavy (non-hydrogen) atoms. The van der Waals surface area contributed by atoms with Crippen molar-refractivity contribution in [2.45, 2.75) is 51.2 Å². The molecule has 5 atom stereocenters. The molecular weight excluding hydrogens is 1220 g/mol. The van der Waals surface area contributed by atoms with Gasteiger partial charge in [0.1, 0.15) is 66.3 Å². The topological polar surface area (TPSA) is 416 Å². The van der Waals surface area contributed by atoms with Crippen LogP contribution in [0.15, 0.2) is 89.3 Å². The van der Waals surface area contributed by atoms with Crippen LogP contribution in [0.1, 0.15) is 70.8 Å². The van der Waals surface area contributed by atoms with Crippen molar-refractivity contribution >= 4 is 113 Å². The lowest BCUT2D eigenvalue weighted by molar-refractivity contribution is -0.0537. The molecule has 8 rings (SSSR count). The molecule has 4 aromatic rings. The highest BCUT2D eigenvalue weighted by molar-refractivity contribution is 8.76. The first-order valence-electron chi connectivity index (χ1n) is 25.9. The summed E-state index contributed by atoms with van der Waals surface area (Å²) in [5, 5.41) is 32.4. The predicted molar refractivity (Wildman–Crippen MR) is 326 cm³/mol. The van der Waals surface area contributed by atoms with E-state index in [9.17, 15) is 50.3 Å². The van der Waals surface area contributed by atoms with Gasteiger partial charge in [-0.25, -0.2) is 19.6 Å². The largest absolute Gasteiger partial charge is 0.478 e. The smallest absolute Gasteiger partial charge is 0.407 e. The van der Waals surface area contributed by atoms with Gasteiger partial charge < -0.3 is 64.8 Å². The van der Waals surface area contributed by atoms with Gasteiger partial charge in [-0.2, -0.15) is 16.8 Å². The number of benzene rings is 3. The average Bonchev–Trinajstić information content (AvgIpc) is 0.900. The number of nitrogens with two attached hydrogens (primary N) is 1. The lowest BCUT2D eigenvalue weighted by Gasteiger charge is -2.32. The number of anilines is 2. The zero-order chi connectivity index (χ0) is 62.1. The summed E-state index contributed by atoms with van der Waals surface area (Å²) in [4.78, 5) is 59.8. The molecule has 0 bridgehead atoms. The number of hydrogen-bond acceptors (Lipinski definition) is 21. The Morgan fingerprint density at radius 3 is 2.59 bits per heavy atom. The SMILES string of the molecule is C=CC(C)/C=C(/CS(=O)(=O)O)c1cc2c(-c3ccc(C(=O)NCCSSCCOC(=O)NCC#Cc4cn([C@H]5C[C@@H](OCN=[N+]=[N-])[C@@H](COPO)O5)c5ncnc(N)c45)cc3C(=O)O)c3cc4c(cc3oc-2cc1=N)NC(C)(C)C=C4CS(=O)(=O)O. The van der Waals surface area contributed by atoms with Crippen molar-refractivity contribution < 1.29 is 73.5 Å². The van der Waals surface area contributed by atoms with E-state index < -0.39 is 88.6 Å². The molecule has 2 amide bonds. The third-order valence-corrected chi connectivity index (χ3v) is 17.3. The van der Waals surface area contributed by atoms with Crippen molar-refractivity contribution in [3.63, 3.8) is 0 Å². The number of amides is 2. The summed E-state index contributed by atoms with van der Waals surface area (Å²) >= 11 is 0. The summed E-state index contributed by atoms with van der Waals surface area (Å²) in [6.07, 6.45) is 5.48. The molecule has 0 spiro atoms. The molecule has 10 N–H and O–H groups in total. The summed E-state index contributed by atoms with van der Waals surface area (Å²) in [5.74, 6) is 2.78. The number of ether oxygens (including phenoxy) is 3. The number of nitrogens with one attached hydrogen (secondary N) is 4. The Hall–Kier alpha value is -7.56. The third kappa shape index (κ3) is 16.1. The van der Waals surface area contributed by atoms with Crippen LogP contribution in [0, 0.1) is 23.2 Å². The van der Waals surface area contributed by atoms with Gasteiger partial charge in [-0.3, -0.25) is 13.9 Å². The number of allylic oxidation sites excluding steroid dienone is 2. The number of carbonyl (C=O) groups excluding carboxylic acids is 2. The van der Waals surface area contributed by atoms with Gasteiger partial charge in [0.25, 0.3) is 26.1 Å². The van der Waals surface area contributed by atoms with Crippen LogP contribution in [0.5, 0.6) is 0 Å². The van der Waals surface area contributed by atoms with Gasteiger partial charge in [-0.1, -0.05) is 69.8 Å². The first-order chi connectivity index (χ1) is 40.9. The number of aromatic carboxylic acids is 1. The quantitative estimate of drug-likeness (QED) is 0.00254. The van der Waals surface area contributed by atoms with Crippen LogP contribution in [-0.2, 0) is 39.0 Å². The Bertz CT molecular complexity index is 4080. The number of rotatable bonds is 25. The Balaban J connectivity index is 0.923. The number of hydrogen-bond donors (Lipinski definition) is 9. The van der Waals surface area contributed by atoms with Crippen LogP contribution in [-0.4, -0.2) is 142 Å². The normalized spacial score (nSPS) is 17.1. The van der Waals surface area contributed by atoms with Gasteiger partial charge in [0.15, 0.2) is 9.03 Å². The molecule has 32 heteroatoms. The van der Waals surface area contributed by atoms with Gasteiger partial charge in [-0.15, -0.1) is 6.58 Å². The fourth-order valence-electron chi connectivity index (χ4n) is 9.79. The Kier molecular flexibility index (Phi) is 20.9. The average molecular weight is 1280 g/mol. The van der Waals surface area contributed by atoms with Crippen LogP contribution in [0.2, 0.25) is 0 Å². The van der Waals surface area contributed by atoms with E-state index >= 15 is 0 Å². The summed E-state index contributed by atoms with van der Waals surface area (Å²) < 4.78 is 99.9.